The van der Waals surface area contributed by atoms with Crippen LogP contribution in [0.4, 0.5) is 5.69 Å². The number of nitrogens with two attached hydrogens (primary N) is 1. The number of hydrogen-bond donors (Lipinski definition) is 2. The summed E-state index contributed by atoms with van der Waals surface area (Å²) in [6.07, 6.45) is 0. The second-order valence-electron chi connectivity index (χ2n) is 1.97. The van der Waals surface area contributed by atoms with Gasteiger partial charge in [0.25, 0.3) is 0 Å². The fraction of sp³-hybridized carbons (Fsp3) is 0. The van der Waals surface area contributed by atoms with Crippen molar-refractivity contribution in [2.75, 3.05) is 5.43 Å². The van der Waals surface area contributed by atoms with Gasteiger partial charge in [-0.15, -0.1) is 0 Å². The zero-order valence-corrected chi connectivity index (χ0v) is 6.43. The summed E-state index contributed by atoms with van der Waals surface area (Å²) in [5.74, 6) is 5.06. The molecule has 1 aromatic carbocycles. The lowest BCUT2D eigenvalue weighted by Crippen LogP contribution is -2.13. The first-order chi connectivity index (χ1) is 5.24. The maximum atomic E-state index is 11.0. The van der Waals surface area contributed by atoms with Gasteiger partial charge in [0.15, 0.2) is 0 Å². The molecule has 3 nitrogen and oxygen atoms in total. The van der Waals surface area contributed by atoms with Crippen LogP contribution in [-0.2, 0) is 0 Å². The fourth-order valence-electron chi connectivity index (χ4n) is 0.665. The molecule has 0 aromatic heterocycles. The van der Waals surface area contributed by atoms with Crippen molar-refractivity contribution in [2.24, 2.45) is 5.84 Å². The van der Waals surface area contributed by atoms with E-state index < -0.39 is 0 Å². The van der Waals surface area contributed by atoms with E-state index in [1.165, 1.54) is 18.2 Å². The molecule has 1 aromatic rings. The summed E-state index contributed by atoms with van der Waals surface area (Å²) in [5, 5.41) is 0.503. The van der Waals surface area contributed by atoms with E-state index in [0.717, 1.165) is 0 Å². The monoisotopic (exact) mass is 170 g/mol. The first kappa shape index (κ1) is 8.04. The van der Waals surface area contributed by atoms with Gasteiger partial charge in [-0.3, -0.25) is 10.6 Å². The average molecular weight is 171 g/mol. The minimum atomic E-state index is -0.181. The number of rotatable bonds is 1. The van der Waals surface area contributed by atoms with Crippen LogP contribution < -0.4 is 16.7 Å². The molecule has 0 aliphatic heterocycles. The summed E-state index contributed by atoms with van der Waals surface area (Å²) in [5.41, 5.74) is 2.42. The zero-order valence-electron chi connectivity index (χ0n) is 5.67. The molecule has 0 saturated heterocycles. The van der Waals surface area contributed by atoms with Crippen LogP contribution in [0.2, 0.25) is 5.02 Å². The summed E-state index contributed by atoms with van der Waals surface area (Å²) >= 11 is 5.62. The Morgan fingerprint density at radius 2 is 1.91 bits per heavy atom. The summed E-state index contributed by atoms with van der Waals surface area (Å²) < 4.78 is 0. The normalized spacial score (nSPS) is 9.27. The van der Waals surface area contributed by atoms with Crippen molar-refractivity contribution in [3.05, 3.63) is 39.5 Å². The number of nitrogen functional groups attached to an aromatic ring is 1. The van der Waals surface area contributed by atoms with Crippen molar-refractivity contribution >= 4 is 17.3 Å². The van der Waals surface area contributed by atoms with E-state index in [-0.39, 0.29) is 5.43 Å². The lowest BCUT2D eigenvalue weighted by atomic mass is 10.4. The van der Waals surface area contributed by atoms with Crippen LogP contribution >= 0.6 is 11.6 Å². The quantitative estimate of drug-likeness (QED) is 0.488. The van der Waals surface area contributed by atoms with Crippen LogP contribution in [0.3, 0.4) is 0 Å². The Hall–Kier alpha value is -1.06. The number of anilines is 1. The first-order valence-electron chi connectivity index (χ1n) is 3.00. The molecule has 0 amide bonds. The Morgan fingerprint density at radius 1 is 1.27 bits per heavy atom. The Bertz CT molecular complexity index is 314. The largest absolute Gasteiger partial charge is 0.321 e. The second-order valence-corrected chi connectivity index (χ2v) is 2.41. The molecule has 0 bridgehead atoms. The highest BCUT2D eigenvalue weighted by atomic mass is 35.5. The summed E-state index contributed by atoms with van der Waals surface area (Å²) in [7, 11) is 0. The third-order valence-corrected chi connectivity index (χ3v) is 1.48. The van der Waals surface area contributed by atoms with Crippen molar-refractivity contribution in [1.29, 1.82) is 0 Å². The molecule has 0 saturated carbocycles. The fourth-order valence-corrected chi connectivity index (χ4v) is 0.791. The van der Waals surface area contributed by atoms with Gasteiger partial charge in [0.1, 0.15) is 0 Å². The molecule has 0 spiro atoms. The van der Waals surface area contributed by atoms with E-state index in [2.05, 4.69) is 5.43 Å². The highest BCUT2D eigenvalue weighted by molar-refractivity contribution is 6.30. The second kappa shape index (κ2) is 3.37. The van der Waals surface area contributed by atoms with Crippen LogP contribution in [0.5, 0.6) is 0 Å². The van der Waals surface area contributed by atoms with Gasteiger partial charge in [0.05, 0.1) is 5.69 Å². The topological polar surface area (TPSA) is 55.1 Å². The molecule has 1 rings (SSSR count). The molecule has 0 unspecified atom stereocenters. The van der Waals surface area contributed by atoms with E-state index in [4.69, 9.17) is 17.4 Å². The minimum absolute atomic E-state index is 0.181. The number of nitrogens with one attached hydrogen (secondary N) is 1. The minimum Gasteiger partial charge on any atom is -0.321 e. The SMILES string of the molecule is NNc1ccc(Cl)ccc1=O. The van der Waals surface area contributed by atoms with Crippen molar-refractivity contribution < 1.29 is 0 Å². The number of hydrazine groups is 1. The van der Waals surface area contributed by atoms with Gasteiger partial charge in [0.2, 0.25) is 5.43 Å². The zero-order chi connectivity index (χ0) is 8.27. The molecule has 3 N–H and O–H groups in total. The molecule has 0 aliphatic carbocycles. The van der Waals surface area contributed by atoms with Crippen LogP contribution in [0.25, 0.3) is 0 Å². The Morgan fingerprint density at radius 3 is 2.55 bits per heavy atom. The van der Waals surface area contributed by atoms with E-state index in [0.29, 0.717) is 10.7 Å². The van der Waals surface area contributed by atoms with Crippen molar-refractivity contribution in [3.63, 3.8) is 0 Å². The van der Waals surface area contributed by atoms with Gasteiger partial charge < -0.3 is 5.43 Å². The third-order valence-electron chi connectivity index (χ3n) is 1.22. The predicted octanol–water partition coefficient (Wildman–Crippen LogP) is 0.986. The summed E-state index contributed by atoms with van der Waals surface area (Å²) in [4.78, 5) is 11.0. The maximum absolute atomic E-state index is 11.0. The summed E-state index contributed by atoms with van der Waals surface area (Å²) in [6.45, 7) is 0. The smallest absolute Gasteiger partial charge is 0.203 e. The van der Waals surface area contributed by atoms with E-state index in [1.807, 2.05) is 0 Å². The van der Waals surface area contributed by atoms with Gasteiger partial charge in [-0.2, -0.15) is 0 Å². The van der Waals surface area contributed by atoms with E-state index >= 15 is 0 Å². The van der Waals surface area contributed by atoms with Gasteiger partial charge in [-0.25, -0.2) is 0 Å². The third kappa shape index (κ3) is 1.93. The van der Waals surface area contributed by atoms with E-state index in [1.54, 1.807) is 6.07 Å². The molecule has 0 fully saturated rings. The molecular formula is C7H7ClN2O. The van der Waals surface area contributed by atoms with Crippen LogP contribution in [-0.4, -0.2) is 0 Å². The Balaban J connectivity index is 3.33. The van der Waals surface area contributed by atoms with Crippen LogP contribution in [0.1, 0.15) is 0 Å². The van der Waals surface area contributed by atoms with Crippen LogP contribution in [0.15, 0.2) is 29.1 Å². The average Bonchev–Trinajstić information content (AvgIpc) is 2.15. The molecule has 0 aliphatic rings. The maximum Gasteiger partial charge on any atom is 0.203 e. The predicted molar refractivity (Wildman–Crippen MR) is 45.5 cm³/mol. The number of halogens is 1. The highest BCUT2D eigenvalue weighted by Crippen LogP contribution is 2.05. The highest BCUT2D eigenvalue weighted by Gasteiger charge is 1.91. The standard InChI is InChI=1S/C7H7ClN2O/c8-5-1-3-6(10-9)7(11)4-2-5/h1-4H,9H2,(H,10,11). The van der Waals surface area contributed by atoms with Gasteiger partial charge in [-0.05, 0) is 24.3 Å². The first-order valence-corrected chi connectivity index (χ1v) is 3.38. The van der Waals surface area contributed by atoms with Gasteiger partial charge in [0, 0.05) is 5.02 Å². The van der Waals surface area contributed by atoms with Crippen molar-refractivity contribution in [2.45, 2.75) is 0 Å². The molecule has 0 radical (unpaired) electrons. The number of hydrogen-bond acceptors (Lipinski definition) is 3. The summed E-state index contributed by atoms with van der Waals surface area (Å²) in [6, 6.07) is 6.01. The lowest BCUT2D eigenvalue weighted by Gasteiger charge is -1.89. The molecule has 0 atom stereocenters. The molecule has 58 valence electrons. The molecular weight excluding hydrogens is 164 g/mol. The van der Waals surface area contributed by atoms with E-state index in [9.17, 15) is 4.79 Å². The van der Waals surface area contributed by atoms with Gasteiger partial charge in [-0.1, -0.05) is 11.6 Å². The van der Waals surface area contributed by atoms with Crippen molar-refractivity contribution in [1.82, 2.24) is 0 Å². The molecule has 4 heteroatoms. The van der Waals surface area contributed by atoms with Gasteiger partial charge >= 0.3 is 0 Å². The molecule has 11 heavy (non-hydrogen) atoms. The Kier molecular flexibility index (Phi) is 2.46. The van der Waals surface area contributed by atoms with Crippen molar-refractivity contribution in [3.8, 4) is 0 Å². The Labute approximate surface area is 68.8 Å². The molecule has 0 heterocycles. The van der Waals surface area contributed by atoms with Crippen LogP contribution in [0, 0.1) is 0 Å². The lowest BCUT2D eigenvalue weighted by molar-refractivity contribution is 1.34.